The Morgan fingerprint density at radius 3 is 2.48 bits per heavy atom. The zero-order chi connectivity index (χ0) is 32.9. The summed E-state index contributed by atoms with van der Waals surface area (Å²) in [4.78, 5) is 52.0. The van der Waals surface area contributed by atoms with Crippen molar-refractivity contribution >= 4 is 46.3 Å². The third kappa shape index (κ3) is 9.13. The maximum absolute atomic E-state index is 13.6. The highest BCUT2D eigenvalue weighted by molar-refractivity contribution is 6.07. The molecule has 4 aromatic rings. The number of pyridine rings is 1. The van der Waals surface area contributed by atoms with Gasteiger partial charge in [-0.15, -0.1) is 0 Å². The lowest BCUT2D eigenvalue weighted by Crippen LogP contribution is -2.34. The normalized spacial score (nSPS) is 11.3. The highest BCUT2D eigenvalue weighted by Crippen LogP contribution is 2.21. The van der Waals surface area contributed by atoms with Gasteiger partial charge in [0, 0.05) is 36.6 Å². The van der Waals surface area contributed by atoms with Gasteiger partial charge in [0.1, 0.15) is 17.5 Å². The Morgan fingerprint density at radius 1 is 0.978 bits per heavy atom. The molecule has 0 radical (unpaired) electrons. The summed E-state index contributed by atoms with van der Waals surface area (Å²) in [5.41, 5.74) is 9.40. The van der Waals surface area contributed by atoms with Gasteiger partial charge in [0.2, 0.25) is 0 Å². The Hall–Kier alpha value is -5.26. The van der Waals surface area contributed by atoms with E-state index in [1.54, 1.807) is 55.6 Å². The fraction of sp³-hybridized carbons (Fsp3) is 0.353. The van der Waals surface area contributed by atoms with Crippen LogP contribution in [0.1, 0.15) is 67.7 Å². The molecule has 0 saturated heterocycles. The predicted octanol–water partition coefficient (Wildman–Crippen LogP) is 5.60. The summed E-state index contributed by atoms with van der Waals surface area (Å²) in [6, 6.07) is 17.9. The van der Waals surface area contributed by atoms with Crippen LogP contribution in [-0.4, -0.2) is 58.1 Å². The number of fused-ring (bicyclic) bond motifs is 1. The zero-order valence-corrected chi connectivity index (χ0v) is 26.6. The van der Waals surface area contributed by atoms with Crippen molar-refractivity contribution in [2.45, 2.75) is 52.5 Å². The molecule has 0 aliphatic rings. The molecule has 46 heavy (non-hydrogen) atoms. The lowest BCUT2D eigenvalue weighted by atomic mass is 10.1. The highest BCUT2D eigenvalue weighted by Gasteiger charge is 2.21. The molecular formula is C34H41N7O5. The predicted molar refractivity (Wildman–Crippen MR) is 178 cm³/mol. The first-order valence-electron chi connectivity index (χ1n) is 15.5. The van der Waals surface area contributed by atoms with Gasteiger partial charge in [0.15, 0.2) is 0 Å². The molecule has 12 nitrogen and oxygen atoms in total. The number of anilines is 2. The van der Waals surface area contributed by atoms with E-state index in [9.17, 15) is 14.4 Å². The average molecular weight is 634 g/mol. The molecule has 2 amide bonds. The number of nitrogens with zero attached hydrogens (tertiary/aromatic N) is 5. The lowest BCUT2D eigenvalue weighted by Gasteiger charge is -2.21. The number of benzene rings is 2. The molecule has 2 aromatic heterocycles. The lowest BCUT2D eigenvalue weighted by molar-refractivity contribution is -0.142. The summed E-state index contributed by atoms with van der Waals surface area (Å²) in [6.07, 6.45) is 4.99. The first kappa shape index (κ1) is 33.6. The second kappa shape index (κ2) is 16.7. The molecule has 0 spiro atoms. The third-order valence-corrected chi connectivity index (χ3v) is 7.30. The van der Waals surface area contributed by atoms with Crippen molar-refractivity contribution < 1.29 is 23.9 Å². The molecule has 0 unspecified atom stereocenters. The minimum Gasteiger partial charge on any atom is -0.466 e. The standard InChI is InChI=1S/C34H41N7O5/c1-4-6-7-10-21-46-34(44)39-32(35)24-12-15-26(16-13-24)37-23-30-38-27-22-25(14-17-28(27)40(30)3)33(43)41(20-18-31(42)45-5-2)29-11-8-9-19-36-29/h8-9,11-17,19,22,37H,4-7,10,18,20-21,23H2,1-3H3,(H2,35,39,44)/i12+1,13+1,15+1,16+1,24+1,26+1. The van der Waals surface area contributed by atoms with Crippen molar-refractivity contribution in [2.24, 2.45) is 17.8 Å². The number of hydrogen-bond donors (Lipinski definition) is 2. The number of imidazole rings is 1. The number of aryl methyl sites for hydroxylation is 1. The highest BCUT2D eigenvalue weighted by atomic mass is 16.5. The topological polar surface area (TPSA) is 154 Å². The van der Waals surface area contributed by atoms with Crippen molar-refractivity contribution in [3.05, 3.63) is 83.8 Å². The van der Waals surface area contributed by atoms with Gasteiger partial charge in [-0.3, -0.25) is 14.5 Å². The average Bonchev–Trinajstić information content (AvgIpc) is 3.38. The van der Waals surface area contributed by atoms with E-state index >= 15 is 0 Å². The van der Waals surface area contributed by atoms with Crippen molar-refractivity contribution in [3.63, 3.8) is 0 Å². The van der Waals surface area contributed by atoms with E-state index in [4.69, 9.17) is 20.2 Å². The number of aliphatic imine (C=N–C) groups is 1. The summed E-state index contributed by atoms with van der Waals surface area (Å²) >= 11 is 0. The van der Waals surface area contributed by atoms with Crippen molar-refractivity contribution in [2.75, 3.05) is 30.0 Å². The van der Waals surface area contributed by atoms with Crippen LogP contribution in [0.15, 0.2) is 71.9 Å². The number of hydrogen-bond acceptors (Lipinski definition) is 8. The monoisotopic (exact) mass is 633 g/mol. The van der Waals surface area contributed by atoms with Crippen LogP contribution >= 0.6 is 0 Å². The molecule has 242 valence electrons. The molecule has 2 aromatic carbocycles. The number of amidine groups is 1. The van der Waals surface area contributed by atoms with E-state index < -0.39 is 6.09 Å². The quantitative estimate of drug-likeness (QED) is 0.0737. The molecule has 0 aliphatic heterocycles. The number of aromatic nitrogens is 3. The molecule has 12 heteroatoms. The van der Waals surface area contributed by atoms with Crippen LogP contribution < -0.4 is 16.0 Å². The number of carbonyl (C=O) groups is 3. The van der Waals surface area contributed by atoms with Crippen LogP contribution in [0, 0.1) is 0 Å². The van der Waals surface area contributed by atoms with Gasteiger partial charge in [-0.25, -0.2) is 14.8 Å². The fourth-order valence-corrected chi connectivity index (χ4v) is 4.79. The maximum atomic E-state index is 13.6. The summed E-state index contributed by atoms with van der Waals surface area (Å²) in [5, 5.41) is 3.35. The second-order valence-corrected chi connectivity index (χ2v) is 10.6. The summed E-state index contributed by atoms with van der Waals surface area (Å²) < 4.78 is 12.1. The third-order valence-electron chi connectivity index (χ3n) is 7.30. The minimum absolute atomic E-state index is 0.0455. The van der Waals surface area contributed by atoms with Gasteiger partial charge < -0.3 is 25.1 Å². The Bertz CT molecular complexity index is 1650. The number of rotatable bonds is 15. The number of unbranched alkanes of at least 4 members (excludes halogenated alkanes) is 3. The van der Waals surface area contributed by atoms with Gasteiger partial charge >= 0.3 is 12.1 Å². The Balaban J connectivity index is 1.41. The van der Waals surface area contributed by atoms with Crippen LogP contribution in [0.25, 0.3) is 11.0 Å². The molecule has 0 saturated carbocycles. The Morgan fingerprint density at radius 2 is 1.76 bits per heavy atom. The molecular weight excluding hydrogens is 592 g/mol. The van der Waals surface area contributed by atoms with Crippen LogP contribution in [0.3, 0.4) is 0 Å². The first-order valence-corrected chi connectivity index (χ1v) is 15.5. The Kier molecular flexibility index (Phi) is 12.2. The SMILES string of the molecule is CCCCCCOC(=O)/N=C(\N)[13c]1[13cH][13cH][13c](NCc2nc3cc(C(=O)N(CCC(=O)OCC)c4ccccn4)ccc3n2C)[13cH][13cH]1. The van der Waals surface area contributed by atoms with E-state index in [-0.39, 0.29) is 37.3 Å². The maximum Gasteiger partial charge on any atom is 0.435 e. The van der Waals surface area contributed by atoms with Gasteiger partial charge in [0.25, 0.3) is 5.91 Å². The summed E-state index contributed by atoms with van der Waals surface area (Å²) in [7, 11) is 1.91. The van der Waals surface area contributed by atoms with Crippen LogP contribution in [-0.2, 0) is 27.9 Å². The molecule has 0 bridgehead atoms. The number of ether oxygens (including phenoxy) is 2. The molecule has 0 fully saturated rings. The molecule has 0 atom stereocenters. The number of nitrogens with one attached hydrogen (secondary N) is 1. The van der Waals surface area contributed by atoms with Gasteiger partial charge in [-0.2, -0.15) is 4.99 Å². The molecule has 2 heterocycles. The van der Waals surface area contributed by atoms with Crippen LogP contribution in [0.2, 0.25) is 0 Å². The van der Waals surface area contributed by atoms with Crippen LogP contribution in [0.5, 0.6) is 0 Å². The molecule has 3 N–H and O–H groups in total. The van der Waals surface area contributed by atoms with Gasteiger partial charge in [-0.1, -0.05) is 32.3 Å². The summed E-state index contributed by atoms with van der Waals surface area (Å²) in [6.45, 7) is 5.02. The number of carbonyl (C=O) groups excluding carboxylic acids is 3. The van der Waals surface area contributed by atoms with Crippen LogP contribution in [0.4, 0.5) is 16.3 Å². The number of amides is 2. The summed E-state index contributed by atoms with van der Waals surface area (Å²) in [5.74, 6) is 0.620. The van der Waals surface area contributed by atoms with E-state index in [1.165, 1.54) is 4.90 Å². The zero-order valence-electron chi connectivity index (χ0n) is 26.6. The van der Waals surface area contributed by atoms with E-state index in [1.807, 2.05) is 29.8 Å². The van der Waals surface area contributed by atoms with Crippen molar-refractivity contribution in [3.8, 4) is 0 Å². The molecule has 0 aliphatic carbocycles. The van der Waals surface area contributed by atoms with Gasteiger partial charge in [0.05, 0.1) is 37.2 Å². The van der Waals surface area contributed by atoms with E-state index in [2.05, 4.69) is 22.2 Å². The number of nitrogens with two attached hydrogens (primary N) is 1. The molecule has 4 rings (SSSR count). The smallest absolute Gasteiger partial charge is 0.435 e. The number of esters is 1. The van der Waals surface area contributed by atoms with Crippen molar-refractivity contribution in [1.82, 2.24) is 14.5 Å². The minimum atomic E-state index is -0.691. The first-order chi connectivity index (χ1) is 22.3. The Labute approximate surface area is 268 Å². The van der Waals surface area contributed by atoms with E-state index in [0.717, 1.165) is 42.7 Å². The largest absolute Gasteiger partial charge is 0.466 e. The van der Waals surface area contributed by atoms with Crippen molar-refractivity contribution in [1.29, 1.82) is 0 Å². The van der Waals surface area contributed by atoms with E-state index in [0.29, 0.717) is 35.6 Å². The van der Waals surface area contributed by atoms with Gasteiger partial charge in [-0.05, 0) is 67.9 Å². The fourth-order valence-electron chi connectivity index (χ4n) is 4.79. The second-order valence-electron chi connectivity index (χ2n) is 10.6.